The zero-order valence-corrected chi connectivity index (χ0v) is 20.0. The average Bonchev–Trinajstić information content (AvgIpc) is 3.52. The lowest BCUT2D eigenvalue weighted by Crippen LogP contribution is -2.24. The van der Waals surface area contributed by atoms with Crippen molar-refractivity contribution in [2.75, 3.05) is 30.3 Å². The number of benzene rings is 3. The van der Waals surface area contributed by atoms with Crippen LogP contribution in [0, 0.1) is 0 Å². The Morgan fingerprint density at radius 2 is 1.57 bits per heavy atom. The molecule has 0 aliphatic carbocycles. The number of aryl methyl sites for hydroxylation is 1. The fraction of sp³-hybridized carbons (Fsp3) is 0.286. The Kier molecular flexibility index (Phi) is 6.95. The predicted molar refractivity (Wildman–Crippen MR) is 140 cm³/mol. The highest BCUT2D eigenvalue weighted by Crippen LogP contribution is 2.24. The van der Waals surface area contributed by atoms with Crippen molar-refractivity contribution in [1.82, 2.24) is 14.5 Å². The quantitative estimate of drug-likeness (QED) is 0.326. The fourth-order valence-electron chi connectivity index (χ4n) is 4.55. The molecule has 4 aromatic rings. The Balaban J connectivity index is 1.21. The molecular weight excluding hydrogens is 438 g/mol. The van der Waals surface area contributed by atoms with Crippen molar-refractivity contribution in [3.8, 4) is 11.5 Å². The molecule has 2 heterocycles. The minimum absolute atomic E-state index is 0.301. The van der Waals surface area contributed by atoms with Crippen LogP contribution < -0.4 is 15.4 Å². The molecule has 0 unspecified atom stereocenters. The van der Waals surface area contributed by atoms with Crippen molar-refractivity contribution in [2.24, 2.45) is 0 Å². The van der Waals surface area contributed by atoms with E-state index in [1.807, 2.05) is 66.7 Å². The SMILES string of the molecule is CCc1nc2cc(NC(=O)Nc3ccc(Oc4ccccc4)cc3)ccc2n1CCN1CCCC1. The van der Waals surface area contributed by atoms with Gasteiger partial charge in [0.1, 0.15) is 17.3 Å². The molecule has 0 radical (unpaired) electrons. The van der Waals surface area contributed by atoms with Gasteiger partial charge in [-0.3, -0.25) is 0 Å². The first kappa shape index (κ1) is 22.9. The van der Waals surface area contributed by atoms with Crippen molar-refractivity contribution in [1.29, 1.82) is 0 Å². The molecule has 180 valence electrons. The van der Waals surface area contributed by atoms with Gasteiger partial charge in [-0.1, -0.05) is 25.1 Å². The minimum atomic E-state index is -0.301. The summed E-state index contributed by atoms with van der Waals surface area (Å²) in [7, 11) is 0. The number of anilines is 2. The number of urea groups is 1. The van der Waals surface area contributed by atoms with E-state index >= 15 is 0 Å². The summed E-state index contributed by atoms with van der Waals surface area (Å²) >= 11 is 0. The molecule has 0 spiro atoms. The first-order valence-corrected chi connectivity index (χ1v) is 12.3. The van der Waals surface area contributed by atoms with Crippen LogP contribution in [0.15, 0.2) is 72.8 Å². The number of amides is 2. The number of aromatic nitrogens is 2. The van der Waals surface area contributed by atoms with Crippen LogP contribution in [-0.2, 0) is 13.0 Å². The van der Waals surface area contributed by atoms with Gasteiger partial charge >= 0.3 is 6.03 Å². The van der Waals surface area contributed by atoms with Gasteiger partial charge in [0.15, 0.2) is 0 Å². The molecule has 0 bridgehead atoms. The molecule has 1 saturated heterocycles. The van der Waals surface area contributed by atoms with E-state index in [9.17, 15) is 4.79 Å². The second kappa shape index (κ2) is 10.6. The summed E-state index contributed by atoms with van der Waals surface area (Å²) in [6.07, 6.45) is 3.48. The smallest absolute Gasteiger partial charge is 0.323 e. The van der Waals surface area contributed by atoms with Crippen LogP contribution in [0.5, 0.6) is 11.5 Å². The molecule has 1 aromatic heterocycles. The number of nitrogens with one attached hydrogen (secondary N) is 2. The summed E-state index contributed by atoms with van der Waals surface area (Å²) in [6.45, 7) is 6.52. The lowest BCUT2D eigenvalue weighted by atomic mass is 10.2. The third kappa shape index (κ3) is 5.63. The van der Waals surface area contributed by atoms with Crippen LogP contribution in [0.25, 0.3) is 11.0 Å². The average molecular weight is 470 g/mol. The summed E-state index contributed by atoms with van der Waals surface area (Å²) in [5, 5.41) is 5.79. The number of nitrogens with zero attached hydrogens (tertiary/aromatic N) is 3. The van der Waals surface area contributed by atoms with E-state index in [-0.39, 0.29) is 6.03 Å². The van der Waals surface area contributed by atoms with E-state index in [1.54, 1.807) is 0 Å². The number of ether oxygens (including phenoxy) is 1. The number of fused-ring (bicyclic) bond motifs is 1. The molecule has 35 heavy (non-hydrogen) atoms. The Morgan fingerprint density at radius 1 is 0.886 bits per heavy atom. The summed E-state index contributed by atoms with van der Waals surface area (Å²) in [6, 6.07) is 22.5. The Labute approximate surface area is 205 Å². The maximum Gasteiger partial charge on any atom is 0.323 e. The van der Waals surface area contributed by atoms with Gasteiger partial charge in [0, 0.05) is 30.9 Å². The van der Waals surface area contributed by atoms with Crippen molar-refractivity contribution < 1.29 is 9.53 Å². The normalized spacial score (nSPS) is 13.7. The number of hydrogen-bond acceptors (Lipinski definition) is 4. The first-order chi connectivity index (χ1) is 17.2. The molecule has 3 aromatic carbocycles. The van der Waals surface area contributed by atoms with Crippen LogP contribution in [0.1, 0.15) is 25.6 Å². The third-order valence-corrected chi connectivity index (χ3v) is 6.33. The Hall–Kier alpha value is -3.84. The zero-order chi connectivity index (χ0) is 24.0. The highest BCUT2D eigenvalue weighted by atomic mass is 16.5. The molecule has 0 saturated carbocycles. The van der Waals surface area contributed by atoms with Crippen LogP contribution in [0.2, 0.25) is 0 Å². The highest BCUT2D eigenvalue weighted by molar-refractivity contribution is 6.00. The van der Waals surface area contributed by atoms with Gasteiger partial charge in [0.05, 0.1) is 11.0 Å². The second-order valence-corrected chi connectivity index (χ2v) is 8.80. The van der Waals surface area contributed by atoms with Crippen LogP contribution in [0.4, 0.5) is 16.2 Å². The number of carbonyl (C=O) groups is 1. The van der Waals surface area contributed by atoms with Crippen molar-refractivity contribution >= 4 is 28.4 Å². The van der Waals surface area contributed by atoms with Crippen LogP contribution >= 0.6 is 0 Å². The molecule has 7 heteroatoms. The molecular formula is C28H31N5O2. The lowest BCUT2D eigenvalue weighted by molar-refractivity contribution is 0.262. The van der Waals surface area contributed by atoms with E-state index < -0.39 is 0 Å². The van der Waals surface area contributed by atoms with Crippen LogP contribution in [-0.4, -0.2) is 40.1 Å². The summed E-state index contributed by atoms with van der Waals surface area (Å²) in [5.74, 6) is 2.56. The van der Waals surface area contributed by atoms with Gasteiger partial charge < -0.3 is 24.8 Å². The number of imidazole rings is 1. The maximum atomic E-state index is 12.6. The van der Waals surface area contributed by atoms with Crippen molar-refractivity contribution in [2.45, 2.75) is 32.7 Å². The van der Waals surface area contributed by atoms with Crippen molar-refractivity contribution in [3.63, 3.8) is 0 Å². The molecule has 1 aliphatic rings. The van der Waals surface area contributed by atoms with Crippen molar-refractivity contribution in [3.05, 3.63) is 78.6 Å². The molecule has 1 fully saturated rings. The summed E-state index contributed by atoms with van der Waals surface area (Å²) < 4.78 is 8.12. The topological polar surface area (TPSA) is 71.4 Å². The summed E-state index contributed by atoms with van der Waals surface area (Å²) in [4.78, 5) is 19.9. The van der Waals surface area contributed by atoms with Gasteiger partial charge in [0.2, 0.25) is 0 Å². The minimum Gasteiger partial charge on any atom is -0.457 e. The lowest BCUT2D eigenvalue weighted by Gasteiger charge is -2.16. The molecule has 7 nitrogen and oxygen atoms in total. The van der Waals surface area contributed by atoms with Gasteiger partial charge in [-0.05, 0) is 80.5 Å². The number of rotatable bonds is 8. The standard InChI is InChI=1S/C28H31N5O2/c1-2-27-31-25-20-22(12-15-26(25)33(27)19-18-32-16-6-7-17-32)30-28(34)29-21-10-13-24(14-11-21)35-23-8-4-3-5-9-23/h3-5,8-15,20H,2,6-7,16-19H2,1H3,(H2,29,30,34). The molecule has 5 rings (SSSR count). The molecule has 2 amide bonds. The number of carbonyl (C=O) groups excluding carboxylic acids is 1. The fourth-order valence-corrected chi connectivity index (χ4v) is 4.55. The monoisotopic (exact) mass is 469 g/mol. The van der Waals surface area contributed by atoms with Gasteiger partial charge in [-0.25, -0.2) is 9.78 Å². The van der Waals surface area contributed by atoms with Gasteiger partial charge in [-0.15, -0.1) is 0 Å². The number of para-hydroxylation sites is 1. The summed E-state index contributed by atoms with van der Waals surface area (Å²) in [5.41, 5.74) is 3.42. The third-order valence-electron chi connectivity index (χ3n) is 6.33. The zero-order valence-electron chi connectivity index (χ0n) is 20.0. The maximum absolute atomic E-state index is 12.6. The van der Waals surface area contributed by atoms with E-state index in [1.165, 1.54) is 25.9 Å². The molecule has 2 N–H and O–H groups in total. The van der Waals surface area contributed by atoms with Gasteiger partial charge in [0.25, 0.3) is 0 Å². The Bertz CT molecular complexity index is 1280. The second-order valence-electron chi connectivity index (χ2n) is 8.80. The number of hydrogen-bond donors (Lipinski definition) is 2. The van der Waals surface area contributed by atoms with Gasteiger partial charge in [-0.2, -0.15) is 0 Å². The number of likely N-dealkylation sites (tertiary alicyclic amines) is 1. The van der Waals surface area contributed by atoms with E-state index in [0.717, 1.165) is 42.1 Å². The highest BCUT2D eigenvalue weighted by Gasteiger charge is 2.15. The predicted octanol–water partition coefficient (Wildman–Crippen LogP) is 6.13. The largest absolute Gasteiger partial charge is 0.457 e. The van der Waals surface area contributed by atoms with E-state index in [2.05, 4.69) is 33.1 Å². The van der Waals surface area contributed by atoms with Crippen LogP contribution in [0.3, 0.4) is 0 Å². The first-order valence-electron chi connectivity index (χ1n) is 12.3. The molecule has 1 aliphatic heterocycles. The Morgan fingerprint density at radius 3 is 2.31 bits per heavy atom. The van der Waals surface area contributed by atoms with E-state index in [4.69, 9.17) is 9.72 Å². The van der Waals surface area contributed by atoms with E-state index in [0.29, 0.717) is 17.1 Å². The molecule has 0 atom stereocenters.